The van der Waals surface area contributed by atoms with E-state index in [-0.39, 0.29) is 12.4 Å². The summed E-state index contributed by atoms with van der Waals surface area (Å²) in [5.74, 6) is 1.06. The second-order valence-corrected chi connectivity index (χ2v) is 6.38. The number of nitrogens with zero attached hydrogens (tertiary/aromatic N) is 1. The molecule has 0 atom stereocenters. The summed E-state index contributed by atoms with van der Waals surface area (Å²) in [5, 5.41) is 2.76. The standard InChI is InChI=1S/C20H19NO3S/c1-3-14-4-8-18(9-5-14)24-19(22)12-16-13-25-20(21-16)15-6-10-17(23-2)11-7-15/h4-11,13H,3,12H2,1-2H3. The minimum atomic E-state index is -0.309. The summed E-state index contributed by atoms with van der Waals surface area (Å²) < 4.78 is 10.5. The van der Waals surface area contributed by atoms with Crippen LogP contribution in [0.4, 0.5) is 0 Å². The van der Waals surface area contributed by atoms with Gasteiger partial charge in [0.15, 0.2) is 0 Å². The van der Waals surface area contributed by atoms with E-state index >= 15 is 0 Å². The van der Waals surface area contributed by atoms with Crippen LogP contribution in [0.2, 0.25) is 0 Å². The monoisotopic (exact) mass is 353 g/mol. The number of hydrogen-bond donors (Lipinski definition) is 0. The van der Waals surface area contributed by atoms with Gasteiger partial charge in [0, 0.05) is 10.9 Å². The van der Waals surface area contributed by atoms with Crippen molar-refractivity contribution in [1.82, 2.24) is 4.98 Å². The number of hydrogen-bond acceptors (Lipinski definition) is 5. The zero-order valence-electron chi connectivity index (χ0n) is 14.2. The van der Waals surface area contributed by atoms with E-state index in [0.29, 0.717) is 11.4 Å². The van der Waals surface area contributed by atoms with Gasteiger partial charge in [-0.25, -0.2) is 4.98 Å². The molecule has 2 aromatic carbocycles. The lowest BCUT2D eigenvalue weighted by Gasteiger charge is -2.04. The zero-order valence-corrected chi connectivity index (χ0v) is 15.0. The Morgan fingerprint density at radius 3 is 2.36 bits per heavy atom. The molecule has 0 unspecified atom stereocenters. The first-order valence-electron chi connectivity index (χ1n) is 8.06. The topological polar surface area (TPSA) is 48.4 Å². The van der Waals surface area contributed by atoms with Gasteiger partial charge >= 0.3 is 5.97 Å². The molecule has 5 heteroatoms. The molecule has 25 heavy (non-hydrogen) atoms. The molecule has 0 radical (unpaired) electrons. The Labute approximate surface area is 151 Å². The van der Waals surface area contributed by atoms with E-state index in [9.17, 15) is 4.79 Å². The molecule has 1 heterocycles. The average Bonchev–Trinajstić information content (AvgIpc) is 3.10. The Bertz CT molecular complexity index is 838. The van der Waals surface area contributed by atoms with Crippen molar-refractivity contribution in [3.05, 3.63) is 65.2 Å². The van der Waals surface area contributed by atoms with Gasteiger partial charge in [0.2, 0.25) is 0 Å². The van der Waals surface area contributed by atoms with Crippen molar-refractivity contribution < 1.29 is 14.3 Å². The van der Waals surface area contributed by atoms with Gasteiger partial charge in [-0.3, -0.25) is 4.79 Å². The summed E-state index contributed by atoms with van der Waals surface area (Å²) in [6.07, 6.45) is 1.11. The van der Waals surface area contributed by atoms with Crippen molar-refractivity contribution >= 4 is 17.3 Å². The normalized spacial score (nSPS) is 10.5. The predicted octanol–water partition coefficient (Wildman–Crippen LogP) is 4.53. The second kappa shape index (κ2) is 7.94. The zero-order chi connectivity index (χ0) is 17.6. The molecular formula is C20H19NO3S. The molecule has 3 aromatic rings. The first-order valence-corrected chi connectivity index (χ1v) is 8.94. The Morgan fingerprint density at radius 2 is 1.72 bits per heavy atom. The van der Waals surface area contributed by atoms with E-state index in [1.54, 1.807) is 7.11 Å². The molecule has 0 fully saturated rings. The number of rotatable bonds is 6. The predicted molar refractivity (Wildman–Crippen MR) is 99.3 cm³/mol. The summed E-state index contributed by atoms with van der Waals surface area (Å²) in [4.78, 5) is 16.6. The van der Waals surface area contributed by atoms with Crippen LogP contribution in [0.1, 0.15) is 18.2 Å². The highest BCUT2D eigenvalue weighted by Gasteiger charge is 2.11. The Morgan fingerprint density at radius 1 is 1.04 bits per heavy atom. The molecule has 0 aliphatic carbocycles. The van der Waals surface area contributed by atoms with E-state index in [1.807, 2.05) is 53.9 Å². The van der Waals surface area contributed by atoms with Gasteiger partial charge in [0.05, 0.1) is 19.2 Å². The SMILES string of the molecule is CCc1ccc(OC(=O)Cc2csc(-c3ccc(OC)cc3)n2)cc1. The number of esters is 1. The van der Waals surface area contributed by atoms with Gasteiger partial charge in [0.1, 0.15) is 16.5 Å². The largest absolute Gasteiger partial charge is 0.497 e. The maximum atomic E-state index is 12.1. The summed E-state index contributed by atoms with van der Waals surface area (Å²) in [6.45, 7) is 2.09. The molecule has 1 aromatic heterocycles. The van der Waals surface area contributed by atoms with E-state index in [4.69, 9.17) is 9.47 Å². The highest BCUT2D eigenvalue weighted by molar-refractivity contribution is 7.13. The summed E-state index contributed by atoms with van der Waals surface area (Å²) in [7, 11) is 1.64. The van der Waals surface area contributed by atoms with Crippen molar-refractivity contribution in [2.75, 3.05) is 7.11 Å². The lowest BCUT2D eigenvalue weighted by Crippen LogP contribution is -2.11. The molecule has 0 aliphatic heterocycles. The number of benzene rings is 2. The summed E-state index contributed by atoms with van der Waals surface area (Å²) >= 11 is 1.51. The molecule has 0 saturated heterocycles. The fourth-order valence-corrected chi connectivity index (χ4v) is 3.19. The van der Waals surface area contributed by atoms with Gasteiger partial charge in [-0.2, -0.15) is 0 Å². The molecular weight excluding hydrogens is 334 g/mol. The number of carbonyl (C=O) groups is 1. The van der Waals surface area contributed by atoms with Gasteiger partial charge in [-0.1, -0.05) is 19.1 Å². The molecule has 0 spiro atoms. The highest BCUT2D eigenvalue weighted by Crippen LogP contribution is 2.26. The number of aryl methyl sites for hydroxylation is 1. The highest BCUT2D eigenvalue weighted by atomic mass is 32.1. The van der Waals surface area contributed by atoms with Crippen LogP contribution in [-0.2, 0) is 17.6 Å². The van der Waals surface area contributed by atoms with Crippen LogP contribution >= 0.6 is 11.3 Å². The first kappa shape index (κ1) is 17.2. The maximum Gasteiger partial charge on any atom is 0.317 e. The fourth-order valence-electron chi connectivity index (χ4n) is 2.36. The van der Waals surface area contributed by atoms with Crippen molar-refractivity contribution in [3.63, 3.8) is 0 Å². The number of thiazole rings is 1. The molecule has 4 nitrogen and oxygen atoms in total. The van der Waals surface area contributed by atoms with Crippen LogP contribution in [0.3, 0.4) is 0 Å². The third kappa shape index (κ3) is 4.45. The smallest absolute Gasteiger partial charge is 0.317 e. The van der Waals surface area contributed by atoms with Crippen LogP contribution in [0.25, 0.3) is 10.6 Å². The first-order chi connectivity index (χ1) is 12.2. The molecule has 128 valence electrons. The van der Waals surface area contributed by atoms with Gasteiger partial charge in [0.25, 0.3) is 0 Å². The summed E-state index contributed by atoms with van der Waals surface area (Å²) in [5.41, 5.74) is 2.93. The number of ether oxygens (including phenoxy) is 2. The van der Waals surface area contributed by atoms with Crippen molar-refractivity contribution in [1.29, 1.82) is 0 Å². The van der Waals surface area contributed by atoms with Gasteiger partial charge in [-0.15, -0.1) is 11.3 Å². The third-order valence-electron chi connectivity index (χ3n) is 3.78. The van der Waals surface area contributed by atoms with E-state index < -0.39 is 0 Å². The second-order valence-electron chi connectivity index (χ2n) is 5.52. The number of aromatic nitrogens is 1. The average molecular weight is 353 g/mol. The molecule has 0 bridgehead atoms. The Kier molecular flexibility index (Phi) is 5.46. The lowest BCUT2D eigenvalue weighted by atomic mass is 10.2. The molecule has 0 saturated carbocycles. The van der Waals surface area contributed by atoms with E-state index in [0.717, 1.165) is 22.7 Å². The van der Waals surface area contributed by atoms with Crippen LogP contribution in [0.15, 0.2) is 53.9 Å². The number of carbonyl (C=O) groups excluding carboxylic acids is 1. The van der Waals surface area contributed by atoms with Crippen molar-refractivity contribution in [2.45, 2.75) is 19.8 Å². The van der Waals surface area contributed by atoms with Crippen LogP contribution in [-0.4, -0.2) is 18.1 Å². The maximum absolute atomic E-state index is 12.1. The summed E-state index contributed by atoms with van der Waals surface area (Å²) in [6, 6.07) is 15.3. The minimum Gasteiger partial charge on any atom is -0.497 e. The molecule has 0 amide bonds. The van der Waals surface area contributed by atoms with Crippen molar-refractivity contribution in [3.8, 4) is 22.1 Å². The fraction of sp³-hybridized carbons (Fsp3) is 0.200. The molecule has 0 N–H and O–H groups in total. The Hall–Kier alpha value is -2.66. The van der Waals surface area contributed by atoms with E-state index in [2.05, 4.69) is 11.9 Å². The van der Waals surface area contributed by atoms with Gasteiger partial charge < -0.3 is 9.47 Å². The minimum absolute atomic E-state index is 0.155. The van der Waals surface area contributed by atoms with Crippen molar-refractivity contribution in [2.24, 2.45) is 0 Å². The number of methoxy groups -OCH3 is 1. The lowest BCUT2D eigenvalue weighted by molar-refractivity contribution is -0.133. The molecule has 3 rings (SSSR count). The molecule has 0 aliphatic rings. The Balaban J connectivity index is 1.62. The third-order valence-corrected chi connectivity index (χ3v) is 4.72. The van der Waals surface area contributed by atoms with Crippen LogP contribution in [0.5, 0.6) is 11.5 Å². The van der Waals surface area contributed by atoms with Gasteiger partial charge in [-0.05, 0) is 48.4 Å². The van der Waals surface area contributed by atoms with Crippen LogP contribution < -0.4 is 9.47 Å². The quantitative estimate of drug-likeness (QED) is 0.482. The van der Waals surface area contributed by atoms with E-state index in [1.165, 1.54) is 16.9 Å². The van der Waals surface area contributed by atoms with Crippen LogP contribution in [0, 0.1) is 0 Å².